The van der Waals surface area contributed by atoms with Crippen LogP contribution in [0.2, 0.25) is 0 Å². The fraction of sp³-hybridized carbons (Fsp3) is 0.478. The highest BCUT2D eigenvalue weighted by Crippen LogP contribution is 2.59. The first kappa shape index (κ1) is 20.3. The molecule has 3 atom stereocenters. The monoisotopic (exact) mass is 483 g/mol. The van der Waals surface area contributed by atoms with Crippen molar-refractivity contribution in [1.82, 2.24) is 19.9 Å². The topological polar surface area (TPSA) is 93.3 Å². The van der Waals surface area contributed by atoms with Gasteiger partial charge in [0.2, 0.25) is 5.95 Å². The summed E-state index contributed by atoms with van der Waals surface area (Å²) in [6, 6.07) is 3.97. The first-order valence-corrected chi connectivity index (χ1v) is 12.4. The van der Waals surface area contributed by atoms with E-state index in [2.05, 4.69) is 24.5 Å². The number of alkyl halides is 2. The van der Waals surface area contributed by atoms with Gasteiger partial charge in [-0.2, -0.15) is 8.78 Å². The molecule has 0 aromatic carbocycles. The number of fused-ring (bicyclic) bond motifs is 2. The lowest BCUT2D eigenvalue weighted by atomic mass is 9.86. The molecular weight excluding hydrogens is 460 g/mol. The molecule has 5 aliphatic rings. The van der Waals surface area contributed by atoms with Crippen LogP contribution in [0, 0.1) is 17.8 Å². The van der Waals surface area contributed by atoms with Crippen LogP contribution in [0.25, 0.3) is 11.3 Å². The van der Waals surface area contributed by atoms with Crippen molar-refractivity contribution in [3.8, 4) is 17.0 Å². The second-order valence-corrected chi connectivity index (χ2v) is 10.6. The number of thiazole rings is 1. The molecule has 34 heavy (non-hydrogen) atoms. The van der Waals surface area contributed by atoms with Gasteiger partial charge in [0.1, 0.15) is 0 Å². The lowest BCUT2D eigenvalue weighted by Crippen LogP contribution is -2.30. The molecule has 3 aromatic heterocycles. The third-order valence-electron chi connectivity index (χ3n) is 7.72. The van der Waals surface area contributed by atoms with Gasteiger partial charge >= 0.3 is 6.61 Å². The summed E-state index contributed by atoms with van der Waals surface area (Å²) in [5.74, 6) is 2.68. The van der Waals surface area contributed by atoms with Crippen LogP contribution in [0.15, 0.2) is 29.9 Å². The summed E-state index contributed by atoms with van der Waals surface area (Å²) in [7, 11) is 0. The molecule has 3 aromatic rings. The number of ether oxygens (including phenoxy) is 1. The van der Waals surface area contributed by atoms with Crippen molar-refractivity contribution in [2.24, 2.45) is 17.8 Å². The summed E-state index contributed by atoms with van der Waals surface area (Å²) in [5, 5.41) is 3.08. The van der Waals surface area contributed by atoms with Gasteiger partial charge in [-0.1, -0.05) is 0 Å². The van der Waals surface area contributed by atoms with E-state index in [0.29, 0.717) is 35.1 Å². The second kappa shape index (κ2) is 7.46. The molecule has 2 aliphatic carbocycles. The zero-order valence-corrected chi connectivity index (χ0v) is 19.0. The molecule has 2 saturated carbocycles. The van der Waals surface area contributed by atoms with Crippen LogP contribution in [-0.4, -0.2) is 52.2 Å². The molecule has 176 valence electrons. The number of hydrogen-bond donors (Lipinski definition) is 1. The van der Waals surface area contributed by atoms with Crippen molar-refractivity contribution < 1.29 is 13.5 Å². The average molecular weight is 484 g/mol. The molecule has 2 bridgehead atoms. The van der Waals surface area contributed by atoms with Crippen molar-refractivity contribution in [3.05, 3.63) is 35.6 Å². The van der Waals surface area contributed by atoms with E-state index in [0.717, 1.165) is 42.3 Å². The Labute approximate surface area is 198 Å². The summed E-state index contributed by atoms with van der Waals surface area (Å²) in [5.41, 5.74) is 8.03. The first-order valence-electron chi connectivity index (χ1n) is 11.5. The van der Waals surface area contributed by atoms with Crippen LogP contribution in [0.1, 0.15) is 24.5 Å². The Bertz CT molecular complexity index is 1220. The molecule has 0 amide bonds. The van der Waals surface area contributed by atoms with E-state index in [-0.39, 0.29) is 11.6 Å². The van der Waals surface area contributed by atoms with Gasteiger partial charge < -0.3 is 20.3 Å². The predicted octanol–water partition coefficient (Wildman–Crippen LogP) is 3.63. The summed E-state index contributed by atoms with van der Waals surface area (Å²) in [4.78, 5) is 23.1. The molecule has 3 aliphatic heterocycles. The Morgan fingerprint density at radius 3 is 2.59 bits per heavy atom. The maximum absolute atomic E-state index is 12.8. The molecule has 0 spiro atoms. The number of rotatable bonds is 6. The third kappa shape index (κ3) is 3.28. The average Bonchev–Trinajstić information content (AvgIpc) is 3.40. The number of halogens is 2. The van der Waals surface area contributed by atoms with Gasteiger partial charge in [-0.05, 0) is 42.7 Å². The Morgan fingerprint density at radius 2 is 1.91 bits per heavy atom. The fourth-order valence-electron chi connectivity index (χ4n) is 5.96. The van der Waals surface area contributed by atoms with Crippen LogP contribution >= 0.6 is 11.3 Å². The van der Waals surface area contributed by atoms with Crippen molar-refractivity contribution >= 4 is 28.2 Å². The van der Waals surface area contributed by atoms with Gasteiger partial charge in [-0.3, -0.25) is 0 Å². The SMILES string of the molecule is Nc1ncc(-c2cc(C3[C@H]4CN(c5nccs5)C[C@@H]34)nc(N3CC4CC3C4)n2)cc1OC(F)F. The smallest absolute Gasteiger partial charge is 0.387 e. The van der Waals surface area contributed by atoms with Crippen LogP contribution < -0.4 is 20.3 Å². The highest BCUT2D eigenvalue weighted by atomic mass is 32.1. The number of hydrogen-bond acceptors (Lipinski definition) is 9. The molecule has 1 unspecified atom stereocenters. The van der Waals surface area contributed by atoms with Crippen molar-refractivity contribution in [2.45, 2.75) is 31.4 Å². The fourth-order valence-corrected chi connectivity index (χ4v) is 6.62. The standard InChI is InChI=1S/C23H23F2N7OS/c24-21(25)33-18-5-12(7-28-20(18)26)16-6-17(30-22(29-16)32-8-11-3-13(32)4-11)19-14-9-31(10-15(14)19)23-27-1-2-34-23/h1-2,5-7,11,13-15,19,21H,3-4,8-10H2,(H2,26,28)/t11?,13?,14-,15+,19?. The quantitative estimate of drug-likeness (QED) is 0.568. The highest BCUT2D eigenvalue weighted by Gasteiger charge is 2.57. The number of aromatic nitrogens is 4. The van der Waals surface area contributed by atoms with E-state index < -0.39 is 6.61 Å². The summed E-state index contributed by atoms with van der Waals surface area (Å²) >= 11 is 1.67. The lowest BCUT2D eigenvalue weighted by molar-refractivity contribution is -0.0494. The van der Waals surface area contributed by atoms with E-state index in [9.17, 15) is 8.78 Å². The Balaban J connectivity index is 1.22. The highest BCUT2D eigenvalue weighted by molar-refractivity contribution is 7.13. The van der Waals surface area contributed by atoms with Crippen LogP contribution in [0.3, 0.4) is 0 Å². The molecular formula is C23H23F2N7OS. The zero-order valence-electron chi connectivity index (χ0n) is 18.2. The summed E-state index contributed by atoms with van der Waals surface area (Å²) in [6.45, 7) is -0.0505. The van der Waals surface area contributed by atoms with Gasteiger partial charge in [-0.25, -0.2) is 19.9 Å². The molecule has 6 heterocycles. The van der Waals surface area contributed by atoms with Crippen molar-refractivity contribution in [2.75, 3.05) is 35.2 Å². The van der Waals surface area contributed by atoms with Crippen molar-refractivity contribution in [3.63, 3.8) is 0 Å². The Hall–Kier alpha value is -3.08. The maximum Gasteiger partial charge on any atom is 0.387 e. The van der Waals surface area contributed by atoms with Crippen molar-refractivity contribution in [1.29, 1.82) is 0 Å². The van der Waals surface area contributed by atoms with E-state index in [1.54, 1.807) is 17.5 Å². The normalized spacial score (nSPS) is 28.9. The predicted molar refractivity (Wildman–Crippen MR) is 124 cm³/mol. The minimum absolute atomic E-state index is 0.0714. The van der Waals surface area contributed by atoms with Gasteiger partial charge in [0.15, 0.2) is 16.7 Å². The zero-order chi connectivity index (χ0) is 23.0. The van der Waals surface area contributed by atoms with E-state index in [1.165, 1.54) is 18.9 Å². The number of piperidine rings is 1. The van der Waals surface area contributed by atoms with Gasteiger partial charge in [-0.15, -0.1) is 11.3 Å². The van der Waals surface area contributed by atoms with Gasteiger partial charge in [0.05, 0.1) is 11.4 Å². The van der Waals surface area contributed by atoms with Crippen LogP contribution in [0.4, 0.5) is 25.7 Å². The minimum atomic E-state index is -2.97. The molecule has 11 heteroatoms. The second-order valence-electron chi connectivity index (χ2n) is 9.68. The number of nitrogens with zero attached hydrogens (tertiary/aromatic N) is 6. The molecule has 3 saturated heterocycles. The minimum Gasteiger partial charge on any atom is -0.431 e. The number of nitrogen functional groups attached to an aromatic ring is 1. The molecule has 8 nitrogen and oxygen atoms in total. The molecule has 2 N–H and O–H groups in total. The number of nitrogens with two attached hydrogens (primary N) is 1. The van der Waals surface area contributed by atoms with E-state index >= 15 is 0 Å². The molecule has 8 rings (SSSR count). The largest absolute Gasteiger partial charge is 0.431 e. The number of pyridine rings is 1. The summed E-state index contributed by atoms with van der Waals surface area (Å²) in [6.07, 6.45) is 5.79. The van der Waals surface area contributed by atoms with Gasteiger partial charge in [0.25, 0.3) is 0 Å². The summed E-state index contributed by atoms with van der Waals surface area (Å²) < 4.78 is 30.3. The maximum atomic E-state index is 12.8. The van der Waals surface area contributed by atoms with Crippen LogP contribution in [-0.2, 0) is 0 Å². The third-order valence-corrected chi connectivity index (χ3v) is 8.55. The van der Waals surface area contributed by atoms with Gasteiger partial charge in [0, 0.05) is 54.9 Å². The van der Waals surface area contributed by atoms with Crippen LogP contribution in [0.5, 0.6) is 5.75 Å². The van der Waals surface area contributed by atoms with E-state index in [4.69, 9.17) is 15.7 Å². The van der Waals surface area contributed by atoms with E-state index in [1.807, 2.05) is 17.6 Å². The number of anilines is 3. The Morgan fingerprint density at radius 1 is 1.09 bits per heavy atom. The lowest BCUT2D eigenvalue weighted by Gasteiger charge is -2.26. The first-order chi connectivity index (χ1) is 16.5. The molecule has 5 fully saturated rings. The Kier molecular flexibility index (Phi) is 4.46. The molecule has 0 radical (unpaired) electrons.